The minimum Gasteiger partial charge on any atom is -0.486 e. The predicted molar refractivity (Wildman–Crippen MR) is 93.1 cm³/mol. The summed E-state index contributed by atoms with van der Waals surface area (Å²) in [5, 5.41) is 2.88. The van der Waals surface area contributed by atoms with E-state index in [0.29, 0.717) is 44.0 Å². The third-order valence-electron chi connectivity index (χ3n) is 4.58. The summed E-state index contributed by atoms with van der Waals surface area (Å²) in [7, 11) is -3.25. The van der Waals surface area contributed by atoms with Crippen molar-refractivity contribution in [3.63, 3.8) is 0 Å². The number of carbonyl (C=O) groups is 1. The van der Waals surface area contributed by atoms with E-state index in [1.165, 1.54) is 4.31 Å². The molecule has 0 saturated carbocycles. The Morgan fingerprint density at radius 2 is 2.08 bits per heavy atom. The third kappa shape index (κ3) is 4.24. The number of amides is 1. The molecule has 0 unspecified atom stereocenters. The molecule has 0 aromatic heterocycles. The summed E-state index contributed by atoms with van der Waals surface area (Å²) in [6, 6.07) is 7.42. The molecule has 138 valence electrons. The molecule has 0 bridgehead atoms. The average Bonchev–Trinajstić information content (AvgIpc) is 2.66. The first-order chi connectivity index (χ1) is 12.0. The van der Waals surface area contributed by atoms with Gasteiger partial charge in [-0.3, -0.25) is 4.79 Å². The zero-order chi connectivity index (χ0) is 17.9. The van der Waals surface area contributed by atoms with E-state index in [4.69, 9.17) is 9.47 Å². The van der Waals surface area contributed by atoms with Crippen LogP contribution in [0.4, 0.5) is 0 Å². The van der Waals surface area contributed by atoms with Crippen LogP contribution >= 0.6 is 0 Å². The molecule has 0 spiro atoms. The maximum atomic E-state index is 12.4. The van der Waals surface area contributed by atoms with E-state index in [0.717, 1.165) is 0 Å². The molecule has 2 heterocycles. The van der Waals surface area contributed by atoms with Crippen LogP contribution in [0.3, 0.4) is 0 Å². The van der Waals surface area contributed by atoms with Crippen LogP contribution in [0.5, 0.6) is 11.5 Å². The van der Waals surface area contributed by atoms with Gasteiger partial charge in [-0.15, -0.1) is 0 Å². The van der Waals surface area contributed by atoms with E-state index in [-0.39, 0.29) is 30.2 Å². The molecule has 2 atom stereocenters. The van der Waals surface area contributed by atoms with E-state index >= 15 is 0 Å². The van der Waals surface area contributed by atoms with Gasteiger partial charge in [0, 0.05) is 13.1 Å². The monoisotopic (exact) mass is 368 g/mol. The predicted octanol–water partition coefficient (Wildman–Crippen LogP) is 1.00. The highest BCUT2D eigenvalue weighted by molar-refractivity contribution is 7.89. The number of carbonyl (C=O) groups excluding carboxylic acids is 1. The number of fused-ring (bicyclic) bond motifs is 1. The normalized spacial score (nSPS) is 23.9. The molecule has 1 fully saturated rings. The van der Waals surface area contributed by atoms with Crippen LogP contribution in [0, 0.1) is 5.92 Å². The van der Waals surface area contributed by atoms with E-state index in [1.807, 2.05) is 24.3 Å². The van der Waals surface area contributed by atoms with Crippen molar-refractivity contribution in [2.24, 2.45) is 5.92 Å². The highest BCUT2D eigenvalue weighted by atomic mass is 32.2. The summed E-state index contributed by atoms with van der Waals surface area (Å²) < 4.78 is 36.9. The molecule has 1 aromatic carbocycles. The van der Waals surface area contributed by atoms with Gasteiger partial charge in [-0.05, 0) is 31.9 Å². The van der Waals surface area contributed by atoms with Crippen LogP contribution in [0.1, 0.15) is 19.8 Å². The number of para-hydroxylation sites is 2. The lowest BCUT2D eigenvalue weighted by molar-refractivity contribution is -0.126. The minimum absolute atomic E-state index is 0.0635. The first-order valence-corrected chi connectivity index (χ1v) is 10.2. The maximum absolute atomic E-state index is 12.4. The minimum atomic E-state index is -3.25. The Labute approximate surface area is 148 Å². The highest BCUT2D eigenvalue weighted by Gasteiger charge is 2.32. The molecule has 1 aromatic rings. The summed E-state index contributed by atoms with van der Waals surface area (Å²) in [6.07, 6.45) is 1.15. The van der Waals surface area contributed by atoms with Crippen molar-refractivity contribution in [3.05, 3.63) is 24.3 Å². The number of ether oxygens (including phenoxy) is 2. The van der Waals surface area contributed by atoms with Gasteiger partial charge in [-0.2, -0.15) is 0 Å². The molecule has 1 saturated heterocycles. The lowest BCUT2D eigenvalue weighted by Gasteiger charge is -2.31. The fourth-order valence-electron chi connectivity index (χ4n) is 3.11. The summed E-state index contributed by atoms with van der Waals surface area (Å²) in [5.41, 5.74) is 0. The van der Waals surface area contributed by atoms with Crippen LogP contribution in [0.2, 0.25) is 0 Å². The van der Waals surface area contributed by atoms with Gasteiger partial charge in [-0.25, -0.2) is 12.7 Å². The molecular formula is C17H24N2O5S. The largest absolute Gasteiger partial charge is 0.486 e. The number of nitrogens with zero attached hydrogens (tertiary/aromatic N) is 1. The smallest absolute Gasteiger partial charge is 0.224 e. The second kappa shape index (κ2) is 7.61. The van der Waals surface area contributed by atoms with Gasteiger partial charge >= 0.3 is 0 Å². The topological polar surface area (TPSA) is 84.9 Å². The Hall–Kier alpha value is -1.80. The SMILES string of the molecule is CCS(=O)(=O)N1CCC[C@@H](C(=O)NC[C@@H]2COc3ccccc3O2)C1. The Morgan fingerprint density at radius 3 is 2.84 bits per heavy atom. The first-order valence-electron chi connectivity index (χ1n) is 8.63. The van der Waals surface area contributed by atoms with Crippen LogP contribution < -0.4 is 14.8 Å². The van der Waals surface area contributed by atoms with Gasteiger partial charge in [0.25, 0.3) is 0 Å². The van der Waals surface area contributed by atoms with Crippen LogP contribution in [-0.2, 0) is 14.8 Å². The highest BCUT2D eigenvalue weighted by Crippen LogP contribution is 2.30. The Kier molecular flexibility index (Phi) is 5.48. The second-order valence-electron chi connectivity index (χ2n) is 6.34. The standard InChI is InChI=1S/C17H24N2O5S/c1-2-25(21,22)19-9-5-6-13(11-19)17(20)18-10-14-12-23-15-7-3-4-8-16(15)24-14/h3-4,7-8,13-14H,2,5-6,9-12H2,1H3,(H,18,20)/t13-,14-/m1/s1. The number of piperidine rings is 1. The maximum Gasteiger partial charge on any atom is 0.224 e. The number of rotatable bonds is 5. The van der Waals surface area contributed by atoms with Gasteiger partial charge in [0.2, 0.25) is 15.9 Å². The van der Waals surface area contributed by atoms with Crippen molar-refractivity contribution < 1.29 is 22.7 Å². The van der Waals surface area contributed by atoms with Crippen LogP contribution in [0.15, 0.2) is 24.3 Å². The zero-order valence-electron chi connectivity index (χ0n) is 14.3. The molecule has 0 aliphatic carbocycles. The fourth-order valence-corrected chi connectivity index (χ4v) is 4.29. The van der Waals surface area contributed by atoms with Crippen molar-refractivity contribution in [3.8, 4) is 11.5 Å². The van der Waals surface area contributed by atoms with E-state index in [1.54, 1.807) is 6.92 Å². The van der Waals surface area contributed by atoms with E-state index in [9.17, 15) is 13.2 Å². The molecule has 7 nitrogen and oxygen atoms in total. The van der Waals surface area contributed by atoms with Gasteiger partial charge in [0.05, 0.1) is 18.2 Å². The molecular weight excluding hydrogens is 344 g/mol. The molecule has 1 N–H and O–H groups in total. The first kappa shape index (κ1) is 18.0. The Bertz CT molecular complexity index is 722. The van der Waals surface area contributed by atoms with Gasteiger partial charge in [0.15, 0.2) is 11.5 Å². The number of hydrogen-bond acceptors (Lipinski definition) is 5. The number of hydrogen-bond donors (Lipinski definition) is 1. The lowest BCUT2D eigenvalue weighted by atomic mass is 9.99. The molecule has 3 rings (SSSR count). The van der Waals surface area contributed by atoms with E-state index in [2.05, 4.69) is 5.32 Å². The second-order valence-corrected chi connectivity index (χ2v) is 8.60. The molecule has 8 heteroatoms. The summed E-state index contributed by atoms with van der Waals surface area (Å²) in [6.45, 7) is 3.09. The fraction of sp³-hybridized carbons (Fsp3) is 0.588. The molecule has 2 aliphatic rings. The average molecular weight is 368 g/mol. The van der Waals surface area contributed by atoms with Crippen molar-refractivity contribution in [2.75, 3.05) is 32.0 Å². The van der Waals surface area contributed by atoms with Crippen LogP contribution in [0.25, 0.3) is 0 Å². The van der Waals surface area contributed by atoms with Crippen molar-refractivity contribution in [2.45, 2.75) is 25.9 Å². The Morgan fingerprint density at radius 1 is 1.32 bits per heavy atom. The van der Waals surface area contributed by atoms with Crippen molar-refractivity contribution in [1.82, 2.24) is 9.62 Å². The van der Waals surface area contributed by atoms with E-state index < -0.39 is 10.0 Å². The summed E-state index contributed by atoms with van der Waals surface area (Å²) in [4.78, 5) is 12.4. The molecule has 0 radical (unpaired) electrons. The van der Waals surface area contributed by atoms with Gasteiger partial charge in [0.1, 0.15) is 12.7 Å². The number of benzene rings is 1. The number of sulfonamides is 1. The Balaban J connectivity index is 1.51. The zero-order valence-corrected chi connectivity index (χ0v) is 15.1. The summed E-state index contributed by atoms with van der Waals surface area (Å²) in [5.74, 6) is 1.00. The van der Waals surface area contributed by atoms with Gasteiger partial charge in [-0.1, -0.05) is 12.1 Å². The van der Waals surface area contributed by atoms with Gasteiger partial charge < -0.3 is 14.8 Å². The quantitative estimate of drug-likeness (QED) is 0.838. The molecule has 25 heavy (non-hydrogen) atoms. The van der Waals surface area contributed by atoms with Crippen LogP contribution in [-0.4, -0.2) is 56.7 Å². The lowest BCUT2D eigenvalue weighted by Crippen LogP contribution is -2.48. The van der Waals surface area contributed by atoms with Crippen molar-refractivity contribution in [1.29, 1.82) is 0 Å². The molecule has 1 amide bonds. The number of nitrogens with one attached hydrogen (secondary N) is 1. The third-order valence-corrected chi connectivity index (χ3v) is 6.43. The van der Waals surface area contributed by atoms with Crippen molar-refractivity contribution >= 4 is 15.9 Å². The molecule has 2 aliphatic heterocycles. The summed E-state index contributed by atoms with van der Waals surface area (Å²) >= 11 is 0.